The number of thiazole rings is 1. The number of hydrogen-bond acceptors (Lipinski definition) is 7. The van der Waals surface area contributed by atoms with Gasteiger partial charge in [-0.3, -0.25) is 9.20 Å². The number of aromatic nitrogens is 2. The molecule has 1 aromatic carbocycles. The quantitative estimate of drug-likeness (QED) is 0.467. The molecule has 0 N–H and O–H groups in total. The minimum atomic E-state index is -3.80. The largest absolute Gasteiger partial charge is 0.346 e. The standard InChI is InChI=1S/C19H18BrClN4O4S2/c20-13-1-2-15-12(9-13)11-29-16(10-26)25(15)14-3-5-23(6-4-14)31(27,28)18-17(21)22-19-24(18)7-8-30-19/h1-2,7-10,14,16H,3-6,11H2. The molecule has 0 amide bonds. The van der Waals surface area contributed by atoms with Crippen molar-refractivity contribution in [3.63, 3.8) is 0 Å². The molecule has 0 radical (unpaired) electrons. The maximum atomic E-state index is 13.3. The van der Waals surface area contributed by atoms with Gasteiger partial charge in [0, 0.05) is 46.4 Å². The van der Waals surface area contributed by atoms with Crippen LogP contribution in [0.5, 0.6) is 0 Å². The second-order valence-electron chi connectivity index (χ2n) is 7.42. The third-order valence-corrected chi connectivity index (χ3v) is 9.25. The van der Waals surface area contributed by atoms with E-state index in [-0.39, 0.29) is 16.2 Å². The van der Waals surface area contributed by atoms with Crippen LogP contribution in [0.1, 0.15) is 18.4 Å². The summed E-state index contributed by atoms with van der Waals surface area (Å²) in [4.78, 5) is 18.4. The summed E-state index contributed by atoms with van der Waals surface area (Å²) in [5.41, 5.74) is 1.94. The summed E-state index contributed by atoms with van der Waals surface area (Å²) in [7, 11) is -3.80. The number of rotatable bonds is 4. The fraction of sp³-hybridized carbons (Fsp3) is 0.368. The van der Waals surface area contributed by atoms with E-state index in [1.54, 1.807) is 11.6 Å². The molecule has 1 atom stereocenters. The molecular formula is C19H18BrClN4O4S2. The summed E-state index contributed by atoms with van der Waals surface area (Å²) in [5, 5.41) is 1.76. The van der Waals surface area contributed by atoms with Gasteiger partial charge in [0.15, 0.2) is 27.7 Å². The highest BCUT2D eigenvalue weighted by atomic mass is 79.9. The van der Waals surface area contributed by atoms with Crippen LogP contribution in [0.2, 0.25) is 5.15 Å². The van der Waals surface area contributed by atoms with Gasteiger partial charge in [-0.05, 0) is 31.0 Å². The highest BCUT2D eigenvalue weighted by Crippen LogP contribution is 2.36. The average Bonchev–Trinajstić information content (AvgIpc) is 3.32. The zero-order chi connectivity index (χ0) is 21.8. The number of halogens is 2. The lowest BCUT2D eigenvalue weighted by Gasteiger charge is -2.44. The molecule has 164 valence electrons. The minimum Gasteiger partial charge on any atom is -0.346 e. The zero-order valence-electron chi connectivity index (χ0n) is 16.1. The first-order chi connectivity index (χ1) is 14.9. The average molecular weight is 546 g/mol. The van der Waals surface area contributed by atoms with Crippen LogP contribution in [0, 0.1) is 0 Å². The topological polar surface area (TPSA) is 84.2 Å². The summed E-state index contributed by atoms with van der Waals surface area (Å²) in [6.07, 6.45) is 2.90. The van der Waals surface area contributed by atoms with Crippen molar-refractivity contribution in [1.29, 1.82) is 0 Å². The molecule has 0 bridgehead atoms. The van der Waals surface area contributed by atoms with Crippen molar-refractivity contribution in [3.8, 4) is 0 Å². The molecule has 1 saturated heterocycles. The van der Waals surface area contributed by atoms with Crippen molar-refractivity contribution in [2.75, 3.05) is 18.0 Å². The molecule has 0 aliphatic carbocycles. The highest BCUT2D eigenvalue weighted by molar-refractivity contribution is 9.10. The second kappa shape index (κ2) is 8.13. The van der Waals surface area contributed by atoms with Gasteiger partial charge in [-0.2, -0.15) is 4.31 Å². The van der Waals surface area contributed by atoms with Crippen molar-refractivity contribution >= 4 is 65.8 Å². The van der Waals surface area contributed by atoms with E-state index in [0.717, 1.165) is 22.0 Å². The van der Waals surface area contributed by atoms with E-state index in [4.69, 9.17) is 16.3 Å². The maximum Gasteiger partial charge on any atom is 0.262 e. The number of sulfonamides is 1. The number of hydrogen-bond donors (Lipinski definition) is 0. The Labute approximate surface area is 196 Å². The van der Waals surface area contributed by atoms with Gasteiger partial charge in [0.1, 0.15) is 0 Å². The normalized spacial score (nSPS) is 20.8. The van der Waals surface area contributed by atoms with Crippen LogP contribution < -0.4 is 4.90 Å². The molecule has 3 aromatic rings. The molecule has 1 unspecified atom stereocenters. The zero-order valence-corrected chi connectivity index (χ0v) is 20.1. The van der Waals surface area contributed by atoms with Crippen molar-refractivity contribution < 1.29 is 17.9 Å². The first kappa shape index (κ1) is 21.4. The highest BCUT2D eigenvalue weighted by Gasteiger charge is 2.38. The van der Waals surface area contributed by atoms with Crippen LogP contribution in [-0.4, -0.2) is 53.8 Å². The van der Waals surface area contributed by atoms with Crippen molar-refractivity contribution in [2.24, 2.45) is 0 Å². The van der Waals surface area contributed by atoms with Crippen LogP contribution in [0.15, 0.2) is 39.3 Å². The van der Waals surface area contributed by atoms with Gasteiger partial charge in [0.2, 0.25) is 0 Å². The number of imidazole rings is 1. The van der Waals surface area contributed by atoms with E-state index in [0.29, 0.717) is 37.5 Å². The molecule has 8 nitrogen and oxygen atoms in total. The van der Waals surface area contributed by atoms with Crippen molar-refractivity contribution in [2.45, 2.75) is 36.7 Å². The molecule has 5 rings (SSSR count). The molecule has 0 spiro atoms. The summed E-state index contributed by atoms with van der Waals surface area (Å²) in [6.45, 7) is 0.988. The van der Waals surface area contributed by atoms with E-state index >= 15 is 0 Å². The van der Waals surface area contributed by atoms with Crippen molar-refractivity contribution in [3.05, 3.63) is 45.0 Å². The van der Waals surface area contributed by atoms with E-state index in [1.807, 2.05) is 23.1 Å². The number of nitrogens with zero attached hydrogens (tertiary/aromatic N) is 4. The fourth-order valence-electron chi connectivity index (χ4n) is 4.28. The Morgan fingerprint density at radius 3 is 2.81 bits per heavy atom. The van der Waals surface area contributed by atoms with E-state index in [2.05, 4.69) is 20.9 Å². The Balaban J connectivity index is 1.40. The lowest BCUT2D eigenvalue weighted by atomic mass is 10.0. The molecular weight excluding hydrogens is 528 g/mol. The second-order valence-corrected chi connectivity index (χ2v) is 11.4. The van der Waals surface area contributed by atoms with Gasteiger partial charge < -0.3 is 9.64 Å². The molecule has 1 fully saturated rings. The summed E-state index contributed by atoms with van der Waals surface area (Å²) in [5.74, 6) is 0. The smallest absolute Gasteiger partial charge is 0.262 e. The summed E-state index contributed by atoms with van der Waals surface area (Å²) < 4.78 is 36.3. The molecule has 2 aromatic heterocycles. The SMILES string of the molecule is O=CC1OCc2cc(Br)ccc2N1C1CCN(S(=O)(=O)c2c(Cl)nc3sccn23)CC1. The molecule has 2 aliphatic rings. The van der Waals surface area contributed by atoms with Gasteiger partial charge in [0.25, 0.3) is 10.0 Å². The molecule has 12 heteroatoms. The van der Waals surface area contributed by atoms with Gasteiger partial charge in [-0.25, -0.2) is 13.4 Å². The number of ether oxygens (including phenoxy) is 1. The maximum absolute atomic E-state index is 13.3. The number of carbonyl (C=O) groups excluding carboxylic acids is 1. The monoisotopic (exact) mass is 544 g/mol. The molecule has 2 aliphatic heterocycles. The lowest BCUT2D eigenvalue weighted by Crippen LogP contribution is -2.53. The molecule has 0 saturated carbocycles. The van der Waals surface area contributed by atoms with Crippen LogP contribution in [0.4, 0.5) is 5.69 Å². The number of piperidine rings is 1. The number of aldehydes is 1. The lowest BCUT2D eigenvalue weighted by molar-refractivity contribution is -0.120. The number of fused-ring (bicyclic) bond motifs is 2. The Kier molecular flexibility index (Phi) is 5.60. The third kappa shape index (κ3) is 3.61. The van der Waals surface area contributed by atoms with E-state index in [9.17, 15) is 13.2 Å². The Hall–Kier alpha value is -1.50. The van der Waals surface area contributed by atoms with Gasteiger partial charge in [-0.15, -0.1) is 11.3 Å². The first-order valence-corrected chi connectivity index (χ1v) is 13.1. The number of carbonyl (C=O) groups is 1. The van der Waals surface area contributed by atoms with Gasteiger partial charge >= 0.3 is 0 Å². The summed E-state index contributed by atoms with van der Waals surface area (Å²) in [6, 6.07) is 5.87. The Morgan fingerprint density at radius 1 is 1.29 bits per heavy atom. The fourth-order valence-corrected chi connectivity index (χ4v) is 7.56. The predicted octanol–water partition coefficient (Wildman–Crippen LogP) is 3.53. The summed E-state index contributed by atoms with van der Waals surface area (Å²) >= 11 is 11.0. The Morgan fingerprint density at radius 2 is 2.06 bits per heavy atom. The van der Waals surface area contributed by atoms with E-state index < -0.39 is 16.3 Å². The van der Waals surface area contributed by atoms with Crippen molar-refractivity contribution in [1.82, 2.24) is 13.7 Å². The van der Waals surface area contributed by atoms with Crippen LogP contribution in [0.3, 0.4) is 0 Å². The Bertz CT molecular complexity index is 1250. The molecule has 4 heterocycles. The molecule has 31 heavy (non-hydrogen) atoms. The van der Waals surface area contributed by atoms with Gasteiger partial charge in [0.05, 0.1) is 6.61 Å². The van der Waals surface area contributed by atoms with Crippen LogP contribution in [-0.2, 0) is 26.2 Å². The van der Waals surface area contributed by atoms with E-state index in [1.165, 1.54) is 20.0 Å². The number of anilines is 1. The predicted molar refractivity (Wildman–Crippen MR) is 121 cm³/mol. The third-order valence-electron chi connectivity index (χ3n) is 5.70. The number of benzene rings is 1. The van der Waals surface area contributed by atoms with Gasteiger partial charge in [-0.1, -0.05) is 27.5 Å². The van der Waals surface area contributed by atoms with Crippen LogP contribution >= 0.6 is 38.9 Å². The van der Waals surface area contributed by atoms with Crippen LogP contribution in [0.25, 0.3) is 4.96 Å². The minimum absolute atomic E-state index is 0.00568. The first-order valence-electron chi connectivity index (χ1n) is 9.65.